The largest absolute Gasteiger partial charge is 0.445 e. The topological polar surface area (TPSA) is 109 Å². The molecule has 2 saturated heterocycles. The number of benzene rings is 1. The van der Waals surface area contributed by atoms with Gasteiger partial charge in [-0.25, -0.2) is 4.79 Å². The van der Waals surface area contributed by atoms with Gasteiger partial charge in [-0.1, -0.05) is 30.3 Å². The zero-order valence-electron chi connectivity index (χ0n) is 17.9. The minimum atomic E-state index is -0.661. The fourth-order valence-electron chi connectivity index (χ4n) is 2.78. The zero-order chi connectivity index (χ0) is 22.0. The maximum absolute atomic E-state index is 12.3. The average molecular weight is 421 g/mol. The van der Waals surface area contributed by atoms with Crippen LogP contribution >= 0.6 is 0 Å². The maximum atomic E-state index is 12.3. The van der Waals surface area contributed by atoms with Gasteiger partial charge in [-0.2, -0.15) is 0 Å². The molecule has 0 unspecified atom stereocenters. The molecule has 9 nitrogen and oxygen atoms in total. The van der Waals surface area contributed by atoms with Crippen LogP contribution in [0.5, 0.6) is 0 Å². The van der Waals surface area contributed by atoms with E-state index in [1.165, 1.54) is 4.90 Å². The van der Waals surface area contributed by atoms with Gasteiger partial charge in [0.2, 0.25) is 11.8 Å². The lowest BCUT2D eigenvalue weighted by molar-refractivity contribution is -0.133. The molecule has 0 bridgehead atoms. The second-order valence-corrected chi connectivity index (χ2v) is 7.99. The normalized spacial score (nSPS) is 19.2. The highest BCUT2D eigenvalue weighted by Gasteiger charge is 2.35. The summed E-state index contributed by atoms with van der Waals surface area (Å²) in [6, 6.07) is 8.79. The van der Waals surface area contributed by atoms with Crippen LogP contribution in [-0.4, -0.2) is 73.8 Å². The second kappa shape index (κ2) is 11.5. The van der Waals surface area contributed by atoms with Crippen molar-refractivity contribution in [1.82, 2.24) is 20.9 Å². The Bertz CT molecular complexity index is 697. The summed E-state index contributed by atoms with van der Waals surface area (Å²) in [7, 11) is 0. The number of hydrogen-bond donors (Lipinski definition) is 3. The van der Waals surface area contributed by atoms with E-state index in [-0.39, 0.29) is 30.6 Å². The van der Waals surface area contributed by atoms with Gasteiger partial charge < -0.3 is 25.4 Å². The Labute approximate surface area is 177 Å². The van der Waals surface area contributed by atoms with Crippen LogP contribution in [0.25, 0.3) is 0 Å². The highest BCUT2D eigenvalue weighted by atomic mass is 16.6. The Kier molecular flexibility index (Phi) is 9.07. The monoisotopic (exact) mass is 420 g/mol. The highest BCUT2D eigenvalue weighted by molar-refractivity contribution is 5.87. The van der Waals surface area contributed by atoms with E-state index in [2.05, 4.69) is 16.0 Å². The van der Waals surface area contributed by atoms with E-state index in [1.807, 2.05) is 51.1 Å². The third-order valence-corrected chi connectivity index (χ3v) is 4.35. The fraction of sp³-hybridized carbons (Fsp3) is 0.571. The molecule has 0 aromatic heterocycles. The third-order valence-electron chi connectivity index (χ3n) is 4.35. The minimum absolute atomic E-state index is 0.103. The molecule has 2 fully saturated rings. The molecule has 2 heterocycles. The van der Waals surface area contributed by atoms with Crippen molar-refractivity contribution in [1.29, 1.82) is 0 Å². The van der Waals surface area contributed by atoms with E-state index in [1.54, 1.807) is 0 Å². The summed E-state index contributed by atoms with van der Waals surface area (Å²) in [6.07, 6.45) is -0.494. The molecular formula is C21H32N4O5. The average Bonchev–Trinajstić information content (AvgIpc) is 2.72. The van der Waals surface area contributed by atoms with E-state index >= 15 is 0 Å². The van der Waals surface area contributed by atoms with Gasteiger partial charge in [-0.15, -0.1) is 0 Å². The molecule has 0 aliphatic carbocycles. The first-order valence-corrected chi connectivity index (χ1v) is 10.1. The van der Waals surface area contributed by atoms with Crippen molar-refractivity contribution in [2.24, 2.45) is 0 Å². The smallest absolute Gasteiger partial charge is 0.410 e. The molecule has 1 aromatic rings. The first kappa shape index (κ1) is 23.6. The van der Waals surface area contributed by atoms with Gasteiger partial charge in [-0.05, 0) is 26.3 Å². The van der Waals surface area contributed by atoms with Crippen molar-refractivity contribution >= 4 is 17.9 Å². The van der Waals surface area contributed by atoms with Crippen LogP contribution in [0.15, 0.2) is 30.3 Å². The summed E-state index contributed by atoms with van der Waals surface area (Å²) in [5.74, 6) is -0.108. The van der Waals surface area contributed by atoms with E-state index in [4.69, 9.17) is 9.47 Å². The number of amides is 3. The molecule has 0 radical (unpaired) electrons. The summed E-state index contributed by atoms with van der Waals surface area (Å²) >= 11 is 0. The van der Waals surface area contributed by atoms with E-state index in [9.17, 15) is 14.4 Å². The predicted octanol–water partition coefficient (Wildman–Crippen LogP) is 0.645. The molecule has 1 aromatic carbocycles. The fourth-order valence-corrected chi connectivity index (χ4v) is 2.78. The summed E-state index contributed by atoms with van der Waals surface area (Å²) in [6.45, 7) is 9.07. The number of nitrogens with one attached hydrogen (secondary N) is 3. The van der Waals surface area contributed by atoms with E-state index in [0.29, 0.717) is 19.6 Å². The number of ether oxygens (including phenoxy) is 2. The van der Waals surface area contributed by atoms with Crippen molar-refractivity contribution in [3.05, 3.63) is 35.9 Å². The number of carbonyl (C=O) groups excluding carboxylic acids is 3. The van der Waals surface area contributed by atoms with Crippen LogP contribution in [0.4, 0.5) is 4.79 Å². The Morgan fingerprint density at radius 1 is 1.10 bits per heavy atom. The van der Waals surface area contributed by atoms with Gasteiger partial charge in [0, 0.05) is 26.2 Å². The van der Waals surface area contributed by atoms with Crippen molar-refractivity contribution in [3.63, 3.8) is 0 Å². The van der Waals surface area contributed by atoms with Crippen LogP contribution in [0.2, 0.25) is 0 Å². The van der Waals surface area contributed by atoms with Crippen molar-refractivity contribution in [3.8, 4) is 0 Å². The molecule has 2 aliphatic rings. The van der Waals surface area contributed by atoms with Crippen LogP contribution < -0.4 is 16.0 Å². The SMILES string of the molecule is CC(C)(C)OC[C@@H]1C(=O)NCCN1C(=O)OCc1ccccc1.O=C1CNCCN1. The lowest BCUT2D eigenvalue weighted by atomic mass is 10.1. The summed E-state index contributed by atoms with van der Waals surface area (Å²) in [5.41, 5.74) is 0.530. The van der Waals surface area contributed by atoms with Gasteiger partial charge >= 0.3 is 6.09 Å². The second-order valence-electron chi connectivity index (χ2n) is 7.99. The molecule has 3 amide bonds. The number of piperazine rings is 2. The van der Waals surface area contributed by atoms with Gasteiger partial charge in [0.15, 0.2) is 0 Å². The summed E-state index contributed by atoms with van der Waals surface area (Å²) in [4.78, 5) is 36.1. The van der Waals surface area contributed by atoms with Crippen molar-refractivity contribution in [2.45, 2.75) is 39.0 Å². The number of hydrogen-bond acceptors (Lipinski definition) is 6. The molecule has 3 rings (SSSR count). The minimum Gasteiger partial charge on any atom is -0.445 e. The molecule has 1 atom stereocenters. The molecule has 30 heavy (non-hydrogen) atoms. The molecule has 0 saturated carbocycles. The van der Waals surface area contributed by atoms with E-state index in [0.717, 1.165) is 18.7 Å². The maximum Gasteiger partial charge on any atom is 0.410 e. The molecule has 9 heteroatoms. The molecular weight excluding hydrogens is 388 g/mol. The van der Waals surface area contributed by atoms with Crippen LogP contribution in [-0.2, 0) is 25.7 Å². The molecule has 166 valence electrons. The highest BCUT2D eigenvalue weighted by Crippen LogP contribution is 2.14. The lowest BCUT2D eigenvalue weighted by Gasteiger charge is -2.35. The molecule has 2 aliphatic heterocycles. The van der Waals surface area contributed by atoms with Crippen molar-refractivity contribution in [2.75, 3.05) is 39.3 Å². The number of carbonyl (C=O) groups is 3. The lowest BCUT2D eigenvalue weighted by Crippen LogP contribution is -2.59. The third kappa shape index (κ3) is 8.38. The summed E-state index contributed by atoms with van der Waals surface area (Å²) < 4.78 is 11.0. The summed E-state index contributed by atoms with van der Waals surface area (Å²) in [5, 5.41) is 8.36. The molecule has 0 spiro atoms. The Morgan fingerprint density at radius 3 is 2.40 bits per heavy atom. The van der Waals surface area contributed by atoms with Gasteiger partial charge in [0.05, 0.1) is 18.8 Å². The molecule has 3 N–H and O–H groups in total. The predicted molar refractivity (Wildman–Crippen MR) is 112 cm³/mol. The first-order chi connectivity index (χ1) is 14.3. The Hall–Kier alpha value is -2.65. The van der Waals surface area contributed by atoms with Crippen LogP contribution in [0, 0.1) is 0 Å². The van der Waals surface area contributed by atoms with Gasteiger partial charge in [0.25, 0.3) is 0 Å². The van der Waals surface area contributed by atoms with Gasteiger partial charge in [0.1, 0.15) is 12.6 Å². The van der Waals surface area contributed by atoms with E-state index < -0.39 is 12.1 Å². The Balaban J connectivity index is 0.000000386. The van der Waals surface area contributed by atoms with Gasteiger partial charge in [-0.3, -0.25) is 14.5 Å². The standard InChI is InChI=1S/C17H24N2O4.C4H8N2O/c1-17(2,3)23-12-14-15(20)18-9-10-19(14)16(21)22-11-13-7-5-4-6-8-13;7-4-3-5-1-2-6-4/h4-8,14H,9-12H2,1-3H3,(H,18,20);5H,1-3H2,(H,6,7)/t14-;/m1./s1. The first-order valence-electron chi connectivity index (χ1n) is 10.1. The zero-order valence-corrected chi connectivity index (χ0v) is 17.9. The van der Waals surface area contributed by atoms with Crippen LogP contribution in [0.3, 0.4) is 0 Å². The Morgan fingerprint density at radius 2 is 1.83 bits per heavy atom. The quantitative estimate of drug-likeness (QED) is 0.660. The number of nitrogens with zero attached hydrogens (tertiary/aromatic N) is 1. The van der Waals surface area contributed by atoms with Crippen LogP contribution in [0.1, 0.15) is 26.3 Å². The number of rotatable bonds is 4. The van der Waals surface area contributed by atoms with Crippen molar-refractivity contribution < 1.29 is 23.9 Å².